The summed E-state index contributed by atoms with van der Waals surface area (Å²) in [7, 11) is 0. The van der Waals surface area contributed by atoms with Crippen molar-refractivity contribution in [2.75, 3.05) is 0 Å². The molecule has 98 valence electrons. The van der Waals surface area contributed by atoms with Crippen LogP contribution >= 0.6 is 12.2 Å². The minimum absolute atomic E-state index is 0.0744. The van der Waals surface area contributed by atoms with Crippen molar-refractivity contribution in [2.24, 2.45) is 11.7 Å². The summed E-state index contributed by atoms with van der Waals surface area (Å²) in [6.45, 7) is 2.23. The minimum Gasteiger partial charge on any atom is -0.490 e. The van der Waals surface area contributed by atoms with Gasteiger partial charge in [-0.25, -0.2) is 4.39 Å². The second-order valence-corrected chi connectivity index (χ2v) is 5.46. The number of ether oxygens (including phenoxy) is 1. The van der Waals surface area contributed by atoms with Gasteiger partial charge in [0.25, 0.3) is 0 Å². The smallest absolute Gasteiger partial charge is 0.137 e. The zero-order valence-electron chi connectivity index (χ0n) is 10.5. The highest BCUT2D eigenvalue weighted by Crippen LogP contribution is 2.28. The molecule has 0 amide bonds. The van der Waals surface area contributed by atoms with E-state index in [1.165, 1.54) is 18.9 Å². The highest BCUT2D eigenvalue weighted by atomic mass is 32.1. The molecule has 18 heavy (non-hydrogen) atoms. The van der Waals surface area contributed by atoms with Gasteiger partial charge in [-0.1, -0.05) is 25.6 Å². The van der Waals surface area contributed by atoms with Gasteiger partial charge in [-0.15, -0.1) is 0 Å². The van der Waals surface area contributed by atoms with Crippen LogP contribution in [0.5, 0.6) is 5.75 Å². The second kappa shape index (κ2) is 5.65. The molecule has 2 N–H and O–H groups in total. The van der Waals surface area contributed by atoms with Crippen molar-refractivity contribution < 1.29 is 9.13 Å². The molecule has 1 aliphatic carbocycles. The Morgan fingerprint density at radius 1 is 1.44 bits per heavy atom. The van der Waals surface area contributed by atoms with E-state index in [0.29, 0.717) is 11.7 Å². The first-order valence-corrected chi connectivity index (χ1v) is 6.73. The van der Waals surface area contributed by atoms with Crippen LogP contribution in [0.25, 0.3) is 0 Å². The number of thiocarbonyl (C=S) groups is 1. The van der Waals surface area contributed by atoms with E-state index in [2.05, 4.69) is 6.92 Å². The number of hydrogen-bond acceptors (Lipinski definition) is 2. The van der Waals surface area contributed by atoms with Gasteiger partial charge in [-0.2, -0.15) is 0 Å². The average molecular weight is 267 g/mol. The Morgan fingerprint density at radius 3 is 2.83 bits per heavy atom. The molecule has 2 rings (SSSR count). The van der Waals surface area contributed by atoms with Crippen molar-refractivity contribution in [1.82, 2.24) is 0 Å². The number of hydrogen-bond donors (Lipinski definition) is 1. The van der Waals surface area contributed by atoms with Gasteiger partial charge in [0.05, 0.1) is 6.10 Å². The SMILES string of the molecule is CC1CCCC(Oc2ccc(C(N)=S)c(F)c2)C1. The average Bonchev–Trinajstić information content (AvgIpc) is 2.28. The third kappa shape index (κ3) is 3.19. The quantitative estimate of drug-likeness (QED) is 0.852. The van der Waals surface area contributed by atoms with Crippen molar-refractivity contribution in [3.05, 3.63) is 29.6 Å². The zero-order chi connectivity index (χ0) is 13.1. The second-order valence-electron chi connectivity index (χ2n) is 5.02. The van der Waals surface area contributed by atoms with Crippen LogP contribution in [0.3, 0.4) is 0 Å². The van der Waals surface area contributed by atoms with Gasteiger partial charge in [-0.05, 0) is 37.3 Å². The Kier molecular flexibility index (Phi) is 4.17. The lowest BCUT2D eigenvalue weighted by atomic mass is 9.89. The highest BCUT2D eigenvalue weighted by molar-refractivity contribution is 7.80. The van der Waals surface area contributed by atoms with Crippen molar-refractivity contribution in [3.8, 4) is 5.75 Å². The van der Waals surface area contributed by atoms with Gasteiger partial charge in [0.2, 0.25) is 0 Å². The molecule has 1 fully saturated rings. The third-order valence-corrected chi connectivity index (χ3v) is 3.62. The molecule has 0 aliphatic heterocycles. The first-order chi connectivity index (χ1) is 8.56. The van der Waals surface area contributed by atoms with Crippen molar-refractivity contribution >= 4 is 17.2 Å². The minimum atomic E-state index is -0.413. The van der Waals surface area contributed by atoms with E-state index in [1.54, 1.807) is 12.1 Å². The van der Waals surface area contributed by atoms with Crippen molar-refractivity contribution in [3.63, 3.8) is 0 Å². The van der Waals surface area contributed by atoms with Gasteiger partial charge in [-0.3, -0.25) is 0 Å². The van der Waals surface area contributed by atoms with Gasteiger partial charge in [0, 0.05) is 11.6 Å². The number of rotatable bonds is 3. The van der Waals surface area contributed by atoms with Gasteiger partial charge in [0.15, 0.2) is 0 Å². The maximum Gasteiger partial charge on any atom is 0.137 e. The first kappa shape index (κ1) is 13.3. The molecule has 0 spiro atoms. The summed E-state index contributed by atoms with van der Waals surface area (Å²) in [5.41, 5.74) is 5.69. The normalized spacial score (nSPS) is 23.7. The Labute approximate surface area is 112 Å². The fourth-order valence-corrected chi connectivity index (χ4v) is 2.61. The predicted octanol–water partition coefficient (Wildman–Crippen LogP) is 3.42. The Balaban J connectivity index is 2.05. The summed E-state index contributed by atoms with van der Waals surface area (Å²) >= 11 is 4.77. The van der Waals surface area contributed by atoms with Crippen LogP contribution in [0.4, 0.5) is 4.39 Å². The summed E-state index contributed by atoms with van der Waals surface area (Å²) < 4.78 is 19.5. The van der Waals surface area contributed by atoms with E-state index in [4.69, 9.17) is 22.7 Å². The van der Waals surface area contributed by atoms with E-state index in [0.717, 1.165) is 12.8 Å². The van der Waals surface area contributed by atoms with E-state index in [-0.39, 0.29) is 16.7 Å². The topological polar surface area (TPSA) is 35.2 Å². The Hall–Kier alpha value is -1.16. The summed E-state index contributed by atoms with van der Waals surface area (Å²) in [5, 5.41) is 0. The fraction of sp³-hybridized carbons (Fsp3) is 0.500. The monoisotopic (exact) mass is 267 g/mol. The van der Waals surface area contributed by atoms with Gasteiger partial charge < -0.3 is 10.5 Å². The fourth-order valence-electron chi connectivity index (χ4n) is 2.45. The molecule has 0 heterocycles. The molecule has 2 nitrogen and oxygen atoms in total. The molecule has 1 aromatic rings. The van der Waals surface area contributed by atoms with E-state index >= 15 is 0 Å². The maximum atomic E-state index is 13.7. The van der Waals surface area contributed by atoms with Crippen LogP contribution in [0.1, 0.15) is 38.2 Å². The first-order valence-electron chi connectivity index (χ1n) is 6.32. The molecular formula is C14H18FNOS. The van der Waals surface area contributed by atoms with Crippen LogP contribution < -0.4 is 10.5 Å². The number of benzene rings is 1. The van der Waals surface area contributed by atoms with E-state index in [1.807, 2.05) is 0 Å². The lowest BCUT2D eigenvalue weighted by Gasteiger charge is -2.27. The summed E-state index contributed by atoms with van der Waals surface area (Å²) in [6, 6.07) is 4.68. The molecular weight excluding hydrogens is 249 g/mol. The molecule has 1 saturated carbocycles. The van der Waals surface area contributed by atoms with Crippen LogP contribution in [0.15, 0.2) is 18.2 Å². The van der Waals surface area contributed by atoms with E-state index in [9.17, 15) is 4.39 Å². The molecule has 2 atom stereocenters. The van der Waals surface area contributed by atoms with E-state index < -0.39 is 5.82 Å². The maximum absolute atomic E-state index is 13.7. The molecule has 0 saturated heterocycles. The lowest BCUT2D eigenvalue weighted by Crippen LogP contribution is -2.24. The third-order valence-electron chi connectivity index (χ3n) is 3.40. The Bertz CT molecular complexity index is 449. The largest absolute Gasteiger partial charge is 0.490 e. The molecule has 1 aliphatic rings. The highest BCUT2D eigenvalue weighted by Gasteiger charge is 2.20. The van der Waals surface area contributed by atoms with Crippen LogP contribution in [0, 0.1) is 11.7 Å². The standard InChI is InChI=1S/C14H18FNOS/c1-9-3-2-4-10(7-9)17-11-5-6-12(14(16)18)13(15)8-11/h5-6,8-10H,2-4,7H2,1H3,(H2,16,18). The van der Waals surface area contributed by atoms with Crippen molar-refractivity contribution in [2.45, 2.75) is 38.7 Å². The zero-order valence-corrected chi connectivity index (χ0v) is 11.3. The van der Waals surface area contributed by atoms with Crippen LogP contribution in [0.2, 0.25) is 0 Å². The van der Waals surface area contributed by atoms with Gasteiger partial charge in [0.1, 0.15) is 16.6 Å². The summed E-state index contributed by atoms with van der Waals surface area (Å²) in [4.78, 5) is 0.0744. The summed E-state index contributed by atoms with van der Waals surface area (Å²) in [5.74, 6) is 0.833. The number of nitrogens with two attached hydrogens (primary N) is 1. The van der Waals surface area contributed by atoms with Crippen LogP contribution in [-0.4, -0.2) is 11.1 Å². The summed E-state index contributed by atoms with van der Waals surface area (Å²) in [6.07, 6.45) is 4.72. The van der Waals surface area contributed by atoms with Crippen LogP contribution in [-0.2, 0) is 0 Å². The number of halogens is 1. The molecule has 0 aromatic heterocycles. The molecule has 2 unspecified atom stereocenters. The predicted molar refractivity (Wildman–Crippen MR) is 74.3 cm³/mol. The Morgan fingerprint density at radius 2 is 2.22 bits per heavy atom. The lowest BCUT2D eigenvalue weighted by molar-refractivity contribution is 0.129. The van der Waals surface area contributed by atoms with Gasteiger partial charge >= 0.3 is 0 Å². The molecule has 4 heteroatoms. The molecule has 1 aromatic carbocycles. The van der Waals surface area contributed by atoms with Crippen molar-refractivity contribution in [1.29, 1.82) is 0 Å². The molecule has 0 radical (unpaired) electrons. The molecule has 0 bridgehead atoms.